The van der Waals surface area contributed by atoms with E-state index in [-0.39, 0.29) is 11.8 Å². The van der Waals surface area contributed by atoms with Gasteiger partial charge in [-0.2, -0.15) is 20.1 Å². The van der Waals surface area contributed by atoms with Gasteiger partial charge in [-0.25, -0.2) is 9.07 Å². The standard InChI is InChI=1S/C20H17ClFN7/c1-12-10-13(2)29(28-12)20-26-18(23-16-8-6-14(21)7-9-16)25-19(27-20)24-17-5-3-4-15(22)11-17/h3-11H,1-2H3,(H2,23,24,25,26,27). The highest BCUT2D eigenvalue weighted by molar-refractivity contribution is 6.30. The number of halogens is 2. The average molecular weight is 410 g/mol. The Balaban J connectivity index is 1.74. The van der Waals surface area contributed by atoms with Gasteiger partial charge in [0.05, 0.1) is 5.69 Å². The van der Waals surface area contributed by atoms with Crippen molar-refractivity contribution in [2.45, 2.75) is 13.8 Å². The van der Waals surface area contributed by atoms with Crippen LogP contribution in [0.2, 0.25) is 5.02 Å². The maximum Gasteiger partial charge on any atom is 0.257 e. The van der Waals surface area contributed by atoms with Gasteiger partial charge >= 0.3 is 0 Å². The molecule has 4 rings (SSSR count). The lowest BCUT2D eigenvalue weighted by atomic mass is 10.3. The fourth-order valence-electron chi connectivity index (χ4n) is 2.76. The number of aromatic nitrogens is 5. The number of nitrogens with zero attached hydrogens (tertiary/aromatic N) is 5. The lowest BCUT2D eigenvalue weighted by Gasteiger charge is -2.11. The number of hydrogen-bond donors (Lipinski definition) is 2. The Morgan fingerprint density at radius 3 is 2.17 bits per heavy atom. The van der Waals surface area contributed by atoms with Crippen molar-refractivity contribution >= 4 is 34.9 Å². The first-order valence-corrected chi connectivity index (χ1v) is 9.19. The molecular formula is C20H17ClFN7. The smallest absolute Gasteiger partial charge is 0.257 e. The molecule has 0 fully saturated rings. The van der Waals surface area contributed by atoms with E-state index in [1.807, 2.05) is 32.0 Å². The summed E-state index contributed by atoms with van der Waals surface area (Å²) in [6.07, 6.45) is 0. The van der Waals surface area contributed by atoms with Crippen LogP contribution in [0.1, 0.15) is 11.4 Å². The van der Waals surface area contributed by atoms with Crippen LogP contribution in [0.25, 0.3) is 5.95 Å². The molecule has 7 nitrogen and oxygen atoms in total. The summed E-state index contributed by atoms with van der Waals surface area (Å²) < 4.78 is 15.2. The Morgan fingerprint density at radius 2 is 1.55 bits per heavy atom. The number of rotatable bonds is 5. The van der Waals surface area contributed by atoms with Gasteiger partial charge in [-0.15, -0.1) is 0 Å². The van der Waals surface area contributed by atoms with Crippen LogP contribution in [0.4, 0.5) is 27.7 Å². The van der Waals surface area contributed by atoms with Gasteiger partial charge in [0, 0.05) is 22.1 Å². The molecule has 4 aromatic rings. The molecule has 0 bridgehead atoms. The molecule has 2 heterocycles. The molecule has 2 aromatic carbocycles. The summed E-state index contributed by atoms with van der Waals surface area (Å²) >= 11 is 5.95. The second-order valence-electron chi connectivity index (χ2n) is 6.39. The topological polar surface area (TPSA) is 80.5 Å². The van der Waals surface area contributed by atoms with E-state index < -0.39 is 0 Å². The van der Waals surface area contributed by atoms with Gasteiger partial charge in [-0.1, -0.05) is 17.7 Å². The summed E-state index contributed by atoms with van der Waals surface area (Å²) in [5, 5.41) is 11.2. The molecule has 0 atom stereocenters. The van der Waals surface area contributed by atoms with Crippen LogP contribution in [0.5, 0.6) is 0 Å². The highest BCUT2D eigenvalue weighted by atomic mass is 35.5. The largest absolute Gasteiger partial charge is 0.324 e. The first kappa shape index (κ1) is 18.8. The first-order valence-electron chi connectivity index (χ1n) is 8.81. The number of hydrogen-bond acceptors (Lipinski definition) is 6. The second kappa shape index (κ2) is 7.84. The van der Waals surface area contributed by atoms with E-state index in [2.05, 4.69) is 30.7 Å². The van der Waals surface area contributed by atoms with Gasteiger partial charge in [0.2, 0.25) is 11.9 Å². The van der Waals surface area contributed by atoms with E-state index in [1.54, 1.807) is 28.9 Å². The van der Waals surface area contributed by atoms with Crippen LogP contribution in [-0.4, -0.2) is 24.7 Å². The van der Waals surface area contributed by atoms with Crippen molar-refractivity contribution in [2.75, 3.05) is 10.6 Å². The minimum Gasteiger partial charge on any atom is -0.324 e. The summed E-state index contributed by atoms with van der Waals surface area (Å²) in [5.74, 6) is 0.539. The molecule has 0 aliphatic carbocycles. The monoisotopic (exact) mass is 409 g/mol. The fraction of sp³-hybridized carbons (Fsp3) is 0.100. The van der Waals surface area contributed by atoms with E-state index in [0.717, 1.165) is 17.1 Å². The molecule has 29 heavy (non-hydrogen) atoms. The molecule has 0 aliphatic rings. The summed E-state index contributed by atoms with van der Waals surface area (Å²) in [7, 11) is 0. The molecule has 2 aromatic heterocycles. The molecule has 9 heteroatoms. The minimum absolute atomic E-state index is 0.254. The van der Waals surface area contributed by atoms with Crippen LogP contribution >= 0.6 is 11.6 Å². The molecule has 0 unspecified atom stereocenters. The van der Waals surface area contributed by atoms with Crippen LogP contribution < -0.4 is 10.6 Å². The molecule has 0 aliphatic heterocycles. The quantitative estimate of drug-likeness (QED) is 0.485. The van der Waals surface area contributed by atoms with Gasteiger partial charge in [0.1, 0.15) is 5.82 Å². The number of nitrogens with one attached hydrogen (secondary N) is 2. The van der Waals surface area contributed by atoms with Crippen LogP contribution in [-0.2, 0) is 0 Å². The summed E-state index contributed by atoms with van der Waals surface area (Å²) in [4.78, 5) is 13.3. The van der Waals surface area contributed by atoms with Crippen LogP contribution in [0.3, 0.4) is 0 Å². The van der Waals surface area contributed by atoms with Crippen molar-refractivity contribution in [3.05, 3.63) is 76.8 Å². The zero-order valence-corrected chi connectivity index (χ0v) is 16.4. The molecule has 0 saturated heterocycles. The minimum atomic E-state index is -0.359. The molecule has 0 spiro atoms. The number of anilines is 4. The highest BCUT2D eigenvalue weighted by Crippen LogP contribution is 2.21. The van der Waals surface area contributed by atoms with Crippen molar-refractivity contribution in [3.63, 3.8) is 0 Å². The van der Waals surface area contributed by atoms with Gasteiger partial charge in [0.15, 0.2) is 0 Å². The number of benzene rings is 2. The van der Waals surface area contributed by atoms with Gasteiger partial charge in [0.25, 0.3) is 5.95 Å². The van der Waals surface area contributed by atoms with E-state index >= 15 is 0 Å². The molecule has 0 saturated carbocycles. The summed E-state index contributed by atoms with van der Waals surface area (Å²) in [5.41, 5.74) is 3.00. The third kappa shape index (κ3) is 4.49. The zero-order chi connectivity index (χ0) is 20.4. The lowest BCUT2D eigenvalue weighted by Crippen LogP contribution is -2.11. The third-order valence-corrected chi connectivity index (χ3v) is 4.26. The number of aryl methyl sites for hydroxylation is 2. The maximum atomic E-state index is 13.5. The third-order valence-electron chi connectivity index (χ3n) is 4.00. The van der Waals surface area contributed by atoms with E-state index in [4.69, 9.17) is 11.6 Å². The zero-order valence-electron chi connectivity index (χ0n) is 15.7. The van der Waals surface area contributed by atoms with Gasteiger partial charge in [-0.05, 0) is 62.4 Å². The van der Waals surface area contributed by atoms with Gasteiger partial charge < -0.3 is 10.6 Å². The first-order chi connectivity index (χ1) is 14.0. The van der Waals surface area contributed by atoms with Crippen molar-refractivity contribution < 1.29 is 4.39 Å². The van der Waals surface area contributed by atoms with Crippen LogP contribution in [0, 0.1) is 19.7 Å². The Labute approximate surface area is 171 Å². The Kier molecular flexibility index (Phi) is 5.09. The Hall–Kier alpha value is -3.52. The SMILES string of the molecule is Cc1cc(C)n(-c2nc(Nc3ccc(Cl)cc3)nc(Nc3cccc(F)c3)n2)n1. The van der Waals surface area contributed by atoms with Crippen molar-refractivity contribution in [3.8, 4) is 5.95 Å². The Bertz CT molecular complexity index is 1160. The van der Waals surface area contributed by atoms with E-state index in [0.29, 0.717) is 22.6 Å². The second-order valence-corrected chi connectivity index (χ2v) is 6.83. The summed E-state index contributed by atoms with van der Waals surface area (Å²) in [6, 6.07) is 15.1. The Morgan fingerprint density at radius 1 is 0.862 bits per heavy atom. The predicted octanol–water partition coefficient (Wildman–Crippen LogP) is 4.95. The van der Waals surface area contributed by atoms with Crippen molar-refractivity contribution in [1.82, 2.24) is 24.7 Å². The molecular weight excluding hydrogens is 393 g/mol. The maximum absolute atomic E-state index is 13.5. The molecule has 0 amide bonds. The van der Waals surface area contributed by atoms with Gasteiger partial charge in [-0.3, -0.25) is 0 Å². The van der Waals surface area contributed by atoms with Crippen LogP contribution in [0.15, 0.2) is 54.6 Å². The lowest BCUT2D eigenvalue weighted by molar-refractivity contribution is 0.628. The fourth-order valence-corrected chi connectivity index (χ4v) is 2.89. The van der Waals surface area contributed by atoms with E-state index in [9.17, 15) is 4.39 Å². The summed E-state index contributed by atoms with van der Waals surface area (Å²) in [6.45, 7) is 3.80. The average Bonchev–Trinajstić information content (AvgIpc) is 3.02. The van der Waals surface area contributed by atoms with Crippen molar-refractivity contribution in [2.24, 2.45) is 0 Å². The van der Waals surface area contributed by atoms with Crippen molar-refractivity contribution in [1.29, 1.82) is 0 Å². The highest BCUT2D eigenvalue weighted by Gasteiger charge is 2.12. The molecule has 2 N–H and O–H groups in total. The normalized spacial score (nSPS) is 10.8. The van der Waals surface area contributed by atoms with E-state index in [1.165, 1.54) is 12.1 Å². The predicted molar refractivity (Wildman–Crippen MR) is 111 cm³/mol. The molecule has 146 valence electrons. The molecule has 0 radical (unpaired) electrons.